The van der Waals surface area contributed by atoms with E-state index in [2.05, 4.69) is 86.0 Å². The first-order chi connectivity index (χ1) is 39.0. The van der Waals surface area contributed by atoms with Gasteiger partial charge < -0.3 is 44.3 Å². The van der Waals surface area contributed by atoms with Crippen LogP contribution in [0.1, 0.15) is 95.5 Å². The van der Waals surface area contributed by atoms with E-state index in [9.17, 15) is 29.1 Å². The molecule has 3 fully saturated rings. The van der Waals surface area contributed by atoms with Crippen molar-refractivity contribution in [2.45, 2.75) is 97.6 Å². The van der Waals surface area contributed by atoms with Crippen LogP contribution in [-0.2, 0) is 42.6 Å². The molecule has 20 heteroatoms. The number of aromatic nitrogens is 5. The molecule has 4 aromatic heterocycles. The Balaban J connectivity index is 0.719. The van der Waals surface area contributed by atoms with Gasteiger partial charge in [0.2, 0.25) is 5.91 Å². The maximum Gasteiger partial charge on any atom is 0.293 e. The molecule has 4 amide bonds. The molecule has 5 aliphatic heterocycles. The van der Waals surface area contributed by atoms with Gasteiger partial charge in [0, 0.05) is 124 Å². The Morgan fingerprint density at radius 1 is 0.815 bits per heavy atom. The third-order valence-corrected chi connectivity index (χ3v) is 17.3. The first kappa shape index (κ1) is 53.4. The SMILES string of the molecule is C=CC(=O)Nc1cc(Nc2nc(-c3ccnc(N4CCn5c(cc6c5CC(C)(C)C6)C4=O)c3CO)cn(C)c2=O)ccc1N1CCN(C2CCN(c3ccc4c(c3)C(=O)N(c3ccnc(N5CCOC[C@H]5C)c3)C4=O)[C@H](C)C2)C[C@@H]1C. The van der Waals surface area contributed by atoms with Crippen LogP contribution in [-0.4, -0.2) is 134 Å². The summed E-state index contributed by atoms with van der Waals surface area (Å²) in [6, 6.07) is 19.2. The van der Waals surface area contributed by atoms with Crippen molar-refractivity contribution in [3.8, 4) is 11.3 Å². The van der Waals surface area contributed by atoms with Gasteiger partial charge in [0.25, 0.3) is 23.3 Å². The molecule has 20 nitrogen and oxygen atoms in total. The standard InChI is InChI=1S/C61H69N13O7/c1-8-54(76)65-48-27-40(64-55-60(80)67(7)33-49(66-55)44-14-17-63-56(47(44)34-75)73-22-21-72-51(59(73)79)26-39-30-61(5,6)31-52(39)72)9-12-50(48)70-20-19-68(32-37(70)3)41-15-18-69(36(2)25-41)42-10-11-45-46(28-42)58(78)74(57(45)77)43-13-16-62-53(29-43)71-23-24-81-35-38(71)4/h8-14,16-17,26-29,33,36-38,41,75H,1,15,18-25,30-32,34-35H2,2-7H3,(H,64,66)(H,65,76)/t36-,37+,38-,41?/m1/s1. The quantitative estimate of drug-likeness (QED) is 0.0854. The highest BCUT2D eigenvalue weighted by atomic mass is 16.5. The molecule has 1 aliphatic carbocycles. The molecular formula is C61H69N13O7. The molecule has 0 bridgehead atoms. The van der Waals surface area contributed by atoms with Gasteiger partial charge in [-0.3, -0.25) is 33.8 Å². The summed E-state index contributed by atoms with van der Waals surface area (Å²) in [5.41, 5.74) is 8.24. The summed E-state index contributed by atoms with van der Waals surface area (Å²) < 4.78 is 9.18. The maximum absolute atomic E-state index is 14.1. The number of morpholine rings is 1. The second kappa shape index (κ2) is 21.0. The number of hydrogen-bond donors (Lipinski definition) is 3. The first-order valence-corrected chi connectivity index (χ1v) is 28.1. The molecule has 2 aromatic carbocycles. The van der Waals surface area contributed by atoms with Crippen LogP contribution in [0.5, 0.6) is 0 Å². The minimum atomic E-state index is -0.421. The summed E-state index contributed by atoms with van der Waals surface area (Å²) in [5.74, 6) is -0.151. The summed E-state index contributed by atoms with van der Waals surface area (Å²) in [6.45, 7) is 20.2. The monoisotopic (exact) mass is 1100 g/mol. The molecule has 0 saturated carbocycles. The minimum Gasteiger partial charge on any atom is -0.392 e. The second-order valence-corrected chi connectivity index (χ2v) is 23.3. The summed E-state index contributed by atoms with van der Waals surface area (Å²) in [7, 11) is 1.63. The summed E-state index contributed by atoms with van der Waals surface area (Å²) in [4.78, 5) is 95.0. The van der Waals surface area contributed by atoms with Crippen LogP contribution >= 0.6 is 0 Å². The number of carbonyl (C=O) groups excluding carboxylic acids is 4. The topological polar surface area (TPSA) is 207 Å². The van der Waals surface area contributed by atoms with Gasteiger partial charge in [0.05, 0.1) is 59.7 Å². The van der Waals surface area contributed by atoms with Crippen LogP contribution in [0.15, 0.2) is 96.7 Å². The van der Waals surface area contributed by atoms with Crippen molar-refractivity contribution < 1.29 is 29.0 Å². The number of anilines is 8. The van der Waals surface area contributed by atoms with Crippen molar-refractivity contribution in [2.75, 3.05) is 87.6 Å². The Kier molecular flexibility index (Phi) is 13.9. The number of aliphatic hydroxyl groups is 1. The molecule has 9 heterocycles. The predicted octanol–water partition coefficient (Wildman–Crippen LogP) is 6.78. The van der Waals surface area contributed by atoms with Crippen LogP contribution in [0.3, 0.4) is 0 Å². The average molecular weight is 1100 g/mol. The number of rotatable bonds is 12. The number of fused-ring (bicyclic) bond motifs is 4. The van der Waals surface area contributed by atoms with Crippen molar-refractivity contribution in [2.24, 2.45) is 12.5 Å². The number of hydrogen-bond acceptors (Lipinski definition) is 15. The molecule has 6 aliphatic rings. The normalized spacial score (nSPS) is 21.8. The molecule has 1 unspecified atom stereocenters. The summed E-state index contributed by atoms with van der Waals surface area (Å²) in [5, 5.41) is 17.1. The van der Waals surface area contributed by atoms with Crippen molar-refractivity contribution in [3.63, 3.8) is 0 Å². The van der Waals surface area contributed by atoms with E-state index >= 15 is 0 Å². The lowest BCUT2D eigenvalue weighted by atomic mass is 9.90. The largest absolute Gasteiger partial charge is 0.392 e. The number of nitrogens with one attached hydrogen (secondary N) is 2. The fourth-order valence-electron chi connectivity index (χ4n) is 13.3. The van der Waals surface area contributed by atoms with E-state index in [1.807, 2.05) is 36.4 Å². The maximum atomic E-state index is 14.1. The number of aryl methyl sites for hydroxylation is 1. The van der Waals surface area contributed by atoms with E-state index in [1.165, 1.54) is 26.8 Å². The second-order valence-electron chi connectivity index (χ2n) is 23.3. The van der Waals surface area contributed by atoms with Gasteiger partial charge in [0.1, 0.15) is 17.3 Å². The zero-order chi connectivity index (χ0) is 56.6. The Labute approximate surface area is 470 Å². The molecule has 420 valence electrons. The minimum absolute atomic E-state index is 0.0260. The summed E-state index contributed by atoms with van der Waals surface area (Å²) in [6.07, 6.45) is 9.73. The van der Waals surface area contributed by atoms with Crippen molar-refractivity contribution in [1.29, 1.82) is 0 Å². The van der Waals surface area contributed by atoms with Gasteiger partial charge in [-0.05, 0) is 118 Å². The summed E-state index contributed by atoms with van der Waals surface area (Å²) >= 11 is 0. The van der Waals surface area contributed by atoms with Crippen molar-refractivity contribution in [3.05, 3.63) is 136 Å². The number of pyridine rings is 2. The third kappa shape index (κ3) is 9.71. The lowest BCUT2D eigenvalue weighted by molar-refractivity contribution is -0.111. The molecule has 81 heavy (non-hydrogen) atoms. The van der Waals surface area contributed by atoms with Gasteiger partial charge in [-0.15, -0.1) is 0 Å². The van der Waals surface area contributed by atoms with Gasteiger partial charge in [-0.2, -0.15) is 0 Å². The number of piperazine rings is 1. The molecule has 3 N–H and O–H groups in total. The number of benzene rings is 2. The number of imide groups is 1. The molecule has 12 rings (SSSR count). The van der Waals surface area contributed by atoms with Gasteiger partial charge in [-0.25, -0.2) is 19.9 Å². The van der Waals surface area contributed by atoms with E-state index < -0.39 is 12.2 Å². The van der Waals surface area contributed by atoms with Crippen molar-refractivity contribution >= 4 is 69.5 Å². The van der Waals surface area contributed by atoms with Gasteiger partial charge >= 0.3 is 0 Å². The zero-order valence-electron chi connectivity index (χ0n) is 46.8. The van der Waals surface area contributed by atoms with E-state index in [0.717, 1.165) is 56.7 Å². The fraction of sp³-hybridized carbons (Fsp3) is 0.410. The Bertz CT molecular complexity index is 3610. The highest BCUT2D eigenvalue weighted by Crippen LogP contribution is 2.42. The molecule has 0 radical (unpaired) electrons. The highest BCUT2D eigenvalue weighted by molar-refractivity contribution is 6.34. The van der Waals surface area contributed by atoms with E-state index in [0.29, 0.717) is 108 Å². The lowest BCUT2D eigenvalue weighted by Gasteiger charge is -2.48. The van der Waals surface area contributed by atoms with Crippen LogP contribution in [0, 0.1) is 5.41 Å². The van der Waals surface area contributed by atoms with Crippen molar-refractivity contribution in [1.82, 2.24) is 29.0 Å². The first-order valence-electron chi connectivity index (χ1n) is 28.1. The predicted molar refractivity (Wildman–Crippen MR) is 312 cm³/mol. The van der Waals surface area contributed by atoms with E-state index in [-0.39, 0.29) is 53.0 Å². The molecule has 0 spiro atoms. The van der Waals surface area contributed by atoms with Crippen LogP contribution in [0.2, 0.25) is 0 Å². The Morgan fingerprint density at radius 3 is 2.41 bits per heavy atom. The Hall–Kier alpha value is -8.20. The molecule has 6 aromatic rings. The van der Waals surface area contributed by atoms with Crippen LogP contribution < -0.4 is 40.7 Å². The average Bonchev–Trinajstić information content (AvgIpc) is 4.23. The molecule has 4 atom stereocenters. The number of aliphatic hydroxyl groups excluding tert-OH is 1. The van der Waals surface area contributed by atoms with Crippen LogP contribution in [0.25, 0.3) is 11.3 Å². The Morgan fingerprint density at radius 2 is 1.63 bits per heavy atom. The smallest absolute Gasteiger partial charge is 0.293 e. The van der Waals surface area contributed by atoms with E-state index in [4.69, 9.17) is 9.72 Å². The number of ether oxygens (including phenoxy) is 1. The number of piperidine rings is 1. The van der Waals surface area contributed by atoms with E-state index in [1.54, 1.807) is 54.8 Å². The lowest BCUT2D eigenvalue weighted by Crippen LogP contribution is -2.58. The van der Waals surface area contributed by atoms with Gasteiger partial charge in [-0.1, -0.05) is 20.4 Å². The molecule has 3 saturated heterocycles. The number of carbonyl (C=O) groups is 4. The highest BCUT2D eigenvalue weighted by Gasteiger charge is 2.41. The number of amides is 4. The third-order valence-electron chi connectivity index (χ3n) is 17.3. The molecular weight excluding hydrogens is 1030 g/mol. The van der Waals surface area contributed by atoms with Gasteiger partial charge in [0.15, 0.2) is 5.82 Å². The number of nitrogens with zero attached hydrogens (tertiary/aromatic N) is 11. The fourth-order valence-corrected chi connectivity index (χ4v) is 13.3. The zero-order valence-corrected chi connectivity index (χ0v) is 46.8. The van der Waals surface area contributed by atoms with Crippen LogP contribution in [0.4, 0.5) is 45.9 Å².